The van der Waals surface area contributed by atoms with Crippen molar-refractivity contribution in [3.05, 3.63) is 35.4 Å². The van der Waals surface area contributed by atoms with Crippen molar-refractivity contribution in [2.75, 3.05) is 0 Å². The highest BCUT2D eigenvalue weighted by atomic mass is 35.5. The minimum absolute atomic E-state index is 0. The number of benzene rings is 1. The van der Waals surface area contributed by atoms with Gasteiger partial charge in [0.15, 0.2) is 5.78 Å². The van der Waals surface area contributed by atoms with Gasteiger partial charge in [-0.15, -0.1) is 24.8 Å². The van der Waals surface area contributed by atoms with E-state index in [2.05, 4.69) is 0 Å². The van der Waals surface area contributed by atoms with E-state index in [1.807, 2.05) is 0 Å². The first-order chi connectivity index (χ1) is 5.61. The standard InChI is InChI=1S/C9H9NO2.2ClH/c1-6(11)7-3-2-4-8(5-7)9(10)12;;/h2-5H,1H3,(H2,10,12);2*1H. The largest absolute Gasteiger partial charge is 0.366 e. The van der Waals surface area contributed by atoms with E-state index in [1.54, 1.807) is 18.2 Å². The number of amides is 1. The maximum Gasteiger partial charge on any atom is 0.248 e. The maximum absolute atomic E-state index is 10.9. The minimum atomic E-state index is -0.516. The zero-order chi connectivity index (χ0) is 9.14. The number of carbonyl (C=O) groups excluding carboxylic acids is 2. The van der Waals surface area contributed by atoms with Gasteiger partial charge < -0.3 is 5.73 Å². The molecule has 78 valence electrons. The van der Waals surface area contributed by atoms with Crippen molar-refractivity contribution < 1.29 is 9.59 Å². The van der Waals surface area contributed by atoms with Crippen LogP contribution in [0.3, 0.4) is 0 Å². The van der Waals surface area contributed by atoms with Crippen LogP contribution in [0.25, 0.3) is 0 Å². The fraction of sp³-hybridized carbons (Fsp3) is 0.111. The molecule has 0 spiro atoms. The van der Waals surface area contributed by atoms with E-state index < -0.39 is 5.91 Å². The molecular formula is C9H11Cl2NO2. The Balaban J connectivity index is 0. The highest BCUT2D eigenvalue weighted by Gasteiger charge is 2.03. The second-order valence-electron chi connectivity index (χ2n) is 2.50. The van der Waals surface area contributed by atoms with Gasteiger partial charge in [-0.25, -0.2) is 0 Å². The third-order valence-corrected chi connectivity index (χ3v) is 1.55. The van der Waals surface area contributed by atoms with Crippen molar-refractivity contribution in [3.8, 4) is 0 Å². The summed E-state index contributed by atoms with van der Waals surface area (Å²) in [5.41, 5.74) is 5.90. The molecule has 0 unspecified atom stereocenters. The highest BCUT2D eigenvalue weighted by Crippen LogP contribution is 2.04. The lowest BCUT2D eigenvalue weighted by atomic mass is 10.1. The molecule has 0 saturated carbocycles. The fourth-order valence-corrected chi connectivity index (χ4v) is 0.891. The van der Waals surface area contributed by atoms with Crippen LogP contribution in [0.2, 0.25) is 0 Å². The number of hydrogen-bond donors (Lipinski definition) is 1. The molecule has 14 heavy (non-hydrogen) atoms. The average Bonchev–Trinajstić information content (AvgIpc) is 2.04. The molecule has 0 heterocycles. The summed E-state index contributed by atoms with van der Waals surface area (Å²) >= 11 is 0. The summed E-state index contributed by atoms with van der Waals surface area (Å²) in [5.74, 6) is -0.587. The average molecular weight is 236 g/mol. The van der Waals surface area contributed by atoms with Gasteiger partial charge in [0.05, 0.1) is 0 Å². The van der Waals surface area contributed by atoms with Crippen LogP contribution in [-0.2, 0) is 0 Å². The van der Waals surface area contributed by atoms with Gasteiger partial charge >= 0.3 is 0 Å². The zero-order valence-corrected chi connectivity index (χ0v) is 9.15. The number of halogens is 2. The molecule has 0 fully saturated rings. The number of hydrogen-bond acceptors (Lipinski definition) is 2. The van der Waals surface area contributed by atoms with Crippen LogP contribution in [0, 0.1) is 0 Å². The predicted octanol–water partition coefficient (Wildman–Crippen LogP) is 1.83. The SMILES string of the molecule is CC(=O)c1cccc(C(N)=O)c1.Cl.Cl. The lowest BCUT2D eigenvalue weighted by Gasteiger charge is -1.97. The Kier molecular flexibility index (Phi) is 7.05. The van der Waals surface area contributed by atoms with E-state index in [9.17, 15) is 9.59 Å². The van der Waals surface area contributed by atoms with Crippen LogP contribution in [0.1, 0.15) is 27.6 Å². The molecule has 1 rings (SSSR count). The summed E-state index contributed by atoms with van der Waals surface area (Å²) in [6, 6.07) is 6.35. The molecule has 0 saturated heterocycles. The Labute approximate surface area is 94.5 Å². The summed E-state index contributed by atoms with van der Waals surface area (Å²) in [4.78, 5) is 21.6. The second-order valence-corrected chi connectivity index (χ2v) is 2.50. The van der Waals surface area contributed by atoms with Gasteiger partial charge in [-0.3, -0.25) is 9.59 Å². The first kappa shape index (κ1) is 15.4. The van der Waals surface area contributed by atoms with Gasteiger partial charge in [0.1, 0.15) is 0 Å². The third kappa shape index (κ3) is 3.77. The van der Waals surface area contributed by atoms with Gasteiger partial charge in [-0.1, -0.05) is 12.1 Å². The van der Waals surface area contributed by atoms with Gasteiger partial charge in [-0.2, -0.15) is 0 Å². The van der Waals surface area contributed by atoms with E-state index in [1.165, 1.54) is 13.0 Å². The van der Waals surface area contributed by atoms with E-state index in [-0.39, 0.29) is 30.6 Å². The van der Waals surface area contributed by atoms with Crippen molar-refractivity contribution in [1.82, 2.24) is 0 Å². The predicted molar refractivity (Wildman–Crippen MR) is 59.5 cm³/mol. The highest BCUT2D eigenvalue weighted by molar-refractivity contribution is 5.98. The van der Waals surface area contributed by atoms with E-state index >= 15 is 0 Å². The van der Waals surface area contributed by atoms with Crippen molar-refractivity contribution in [2.45, 2.75) is 6.92 Å². The van der Waals surface area contributed by atoms with Gasteiger partial charge in [0.2, 0.25) is 5.91 Å². The molecular weight excluding hydrogens is 225 g/mol. The third-order valence-electron chi connectivity index (χ3n) is 1.55. The van der Waals surface area contributed by atoms with Crippen LogP contribution in [0.15, 0.2) is 24.3 Å². The molecule has 1 amide bonds. The van der Waals surface area contributed by atoms with Crippen molar-refractivity contribution >= 4 is 36.5 Å². The van der Waals surface area contributed by atoms with E-state index in [4.69, 9.17) is 5.73 Å². The molecule has 1 aromatic carbocycles. The lowest BCUT2D eigenvalue weighted by molar-refractivity contribution is 0.1000. The van der Waals surface area contributed by atoms with Crippen LogP contribution in [-0.4, -0.2) is 11.7 Å². The molecule has 0 aromatic heterocycles. The Morgan fingerprint density at radius 2 is 1.64 bits per heavy atom. The molecule has 0 aliphatic carbocycles. The number of Topliss-reactive ketones (excluding diaryl/α,β-unsaturated/α-hetero) is 1. The van der Waals surface area contributed by atoms with E-state index in [0.29, 0.717) is 11.1 Å². The number of nitrogens with two attached hydrogens (primary N) is 1. The summed E-state index contributed by atoms with van der Waals surface area (Å²) in [6.07, 6.45) is 0. The fourth-order valence-electron chi connectivity index (χ4n) is 0.891. The van der Waals surface area contributed by atoms with Crippen LogP contribution < -0.4 is 5.73 Å². The Bertz CT molecular complexity index is 310. The molecule has 2 N–H and O–H groups in total. The van der Waals surface area contributed by atoms with Crippen molar-refractivity contribution in [2.24, 2.45) is 5.73 Å². The van der Waals surface area contributed by atoms with Crippen LogP contribution >= 0.6 is 24.8 Å². The molecule has 0 bridgehead atoms. The number of carbonyl (C=O) groups is 2. The smallest absolute Gasteiger partial charge is 0.248 e. The minimum Gasteiger partial charge on any atom is -0.366 e. The number of primary amides is 1. The van der Waals surface area contributed by atoms with Gasteiger partial charge in [-0.05, 0) is 19.1 Å². The van der Waals surface area contributed by atoms with Gasteiger partial charge in [0, 0.05) is 11.1 Å². The van der Waals surface area contributed by atoms with Crippen LogP contribution in [0.5, 0.6) is 0 Å². The summed E-state index contributed by atoms with van der Waals surface area (Å²) in [6.45, 7) is 1.44. The zero-order valence-electron chi connectivity index (χ0n) is 7.52. The Hall–Kier alpha value is -1.06. The summed E-state index contributed by atoms with van der Waals surface area (Å²) < 4.78 is 0. The second kappa shape index (κ2) is 6.40. The summed E-state index contributed by atoms with van der Waals surface area (Å²) in [7, 11) is 0. The van der Waals surface area contributed by atoms with Gasteiger partial charge in [0.25, 0.3) is 0 Å². The number of ketones is 1. The van der Waals surface area contributed by atoms with Crippen molar-refractivity contribution in [1.29, 1.82) is 0 Å². The molecule has 0 aliphatic heterocycles. The molecule has 0 aliphatic rings. The monoisotopic (exact) mass is 235 g/mol. The van der Waals surface area contributed by atoms with Crippen molar-refractivity contribution in [3.63, 3.8) is 0 Å². The Morgan fingerprint density at radius 3 is 2.07 bits per heavy atom. The van der Waals surface area contributed by atoms with E-state index in [0.717, 1.165) is 0 Å². The normalized spacial score (nSPS) is 8.07. The summed E-state index contributed by atoms with van der Waals surface area (Å²) in [5, 5.41) is 0. The first-order valence-electron chi connectivity index (χ1n) is 3.52. The Morgan fingerprint density at radius 1 is 1.14 bits per heavy atom. The van der Waals surface area contributed by atoms with Crippen LogP contribution in [0.4, 0.5) is 0 Å². The quantitative estimate of drug-likeness (QED) is 0.796. The first-order valence-corrected chi connectivity index (χ1v) is 3.52. The molecule has 0 radical (unpaired) electrons. The lowest BCUT2D eigenvalue weighted by Crippen LogP contribution is -2.11. The molecule has 3 nitrogen and oxygen atoms in total. The molecule has 1 aromatic rings. The topological polar surface area (TPSA) is 60.2 Å². The molecule has 5 heteroatoms. The number of rotatable bonds is 2. The maximum atomic E-state index is 10.9. The molecule has 0 atom stereocenters.